The Morgan fingerprint density at radius 3 is 2.75 bits per heavy atom. The molecule has 0 aliphatic carbocycles. The largest absolute Gasteiger partial charge is 0.240 e. The molecule has 0 amide bonds. The van der Waals surface area contributed by atoms with Gasteiger partial charge in [-0.3, -0.25) is 0 Å². The molecule has 0 aliphatic rings. The number of hydrogen-bond acceptors (Lipinski definition) is 1. The molecular formula is C13H8FN2. The summed E-state index contributed by atoms with van der Waals surface area (Å²) in [6.45, 7) is 0. The van der Waals surface area contributed by atoms with Crippen molar-refractivity contribution < 1.29 is 4.39 Å². The van der Waals surface area contributed by atoms with Gasteiger partial charge in [-0.2, -0.15) is 5.10 Å². The van der Waals surface area contributed by atoms with E-state index in [1.807, 2.05) is 18.3 Å². The zero-order chi connectivity index (χ0) is 11.0. The van der Waals surface area contributed by atoms with E-state index in [1.54, 1.807) is 22.7 Å². The van der Waals surface area contributed by atoms with Gasteiger partial charge in [0.2, 0.25) is 0 Å². The zero-order valence-corrected chi connectivity index (χ0v) is 8.39. The molecule has 3 rings (SSSR count). The second-order valence-corrected chi connectivity index (χ2v) is 3.53. The SMILES string of the molecule is Fc1ccc(-c2cc3c[c]ccn3n2)cc1. The highest BCUT2D eigenvalue weighted by Gasteiger charge is 2.03. The minimum Gasteiger partial charge on any atom is -0.240 e. The molecule has 0 saturated heterocycles. The van der Waals surface area contributed by atoms with E-state index in [9.17, 15) is 4.39 Å². The average Bonchev–Trinajstić information content (AvgIpc) is 2.73. The topological polar surface area (TPSA) is 17.3 Å². The summed E-state index contributed by atoms with van der Waals surface area (Å²) < 4.78 is 14.5. The lowest BCUT2D eigenvalue weighted by molar-refractivity contribution is 0.628. The van der Waals surface area contributed by atoms with Crippen LogP contribution in [0.2, 0.25) is 0 Å². The summed E-state index contributed by atoms with van der Waals surface area (Å²) in [6, 6.07) is 14.9. The van der Waals surface area contributed by atoms with Gasteiger partial charge in [-0.25, -0.2) is 8.91 Å². The Morgan fingerprint density at radius 1 is 1.19 bits per heavy atom. The molecule has 0 fully saturated rings. The first kappa shape index (κ1) is 9.09. The summed E-state index contributed by atoms with van der Waals surface area (Å²) in [4.78, 5) is 0. The molecule has 2 nitrogen and oxygen atoms in total. The molecule has 0 bridgehead atoms. The average molecular weight is 211 g/mol. The van der Waals surface area contributed by atoms with Crippen LogP contribution in [-0.2, 0) is 0 Å². The smallest absolute Gasteiger partial charge is 0.123 e. The number of hydrogen-bond donors (Lipinski definition) is 0. The highest BCUT2D eigenvalue weighted by Crippen LogP contribution is 2.19. The molecule has 0 N–H and O–H groups in total. The van der Waals surface area contributed by atoms with E-state index in [1.165, 1.54) is 12.1 Å². The Morgan fingerprint density at radius 2 is 2.00 bits per heavy atom. The molecule has 0 aliphatic heterocycles. The first-order valence-corrected chi connectivity index (χ1v) is 4.94. The maximum atomic E-state index is 12.8. The Balaban J connectivity index is 2.15. The van der Waals surface area contributed by atoms with Gasteiger partial charge in [0, 0.05) is 11.8 Å². The van der Waals surface area contributed by atoms with E-state index < -0.39 is 0 Å². The second kappa shape index (κ2) is 3.45. The molecule has 3 heteroatoms. The minimum atomic E-state index is -0.235. The molecule has 3 aromatic rings. The summed E-state index contributed by atoms with van der Waals surface area (Å²) in [5.74, 6) is -0.235. The first-order chi connectivity index (χ1) is 7.83. The van der Waals surface area contributed by atoms with Gasteiger partial charge in [-0.15, -0.1) is 0 Å². The van der Waals surface area contributed by atoms with Crippen molar-refractivity contribution in [3.8, 4) is 11.3 Å². The Labute approximate surface area is 92.0 Å². The molecule has 1 radical (unpaired) electrons. The lowest BCUT2D eigenvalue weighted by Gasteiger charge is -1.94. The van der Waals surface area contributed by atoms with Gasteiger partial charge in [0.25, 0.3) is 0 Å². The van der Waals surface area contributed by atoms with Crippen LogP contribution in [0.15, 0.2) is 48.7 Å². The number of halogens is 1. The van der Waals surface area contributed by atoms with E-state index in [0.29, 0.717) is 0 Å². The predicted octanol–water partition coefficient (Wildman–Crippen LogP) is 2.94. The fourth-order valence-electron chi connectivity index (χ4n) is 1.64. The normalized spacial score (nSPS) is 10.8. The third-order valence-electron chi connectivity index (χ3n) is 2.45. The van der Waals surface area contributed by atoms with Crippen molar-refractivity contribution in [2.75, 3.05) is 0 Å². The van der Waals surface area contributed by atoms with E-state index in [-0.39, 0.29) is 5.82 Å². The number of nitrogens with zero attached hydrogens (tertiary/aromatic N) is 2. The molecule has 2 heterocycles. The van der Waals surface area contributed by atoms with E-state index >= 15 is 0 Å². The van der Waals surface area contributed by atoms with Gasteiger partial charge in [-0.1, -0.05) is 0 Å². The van der Waals surface area contributed by atoms with Crippen molar-refractivity contribution in [3.63, 3.8) is 0 Å². The van der Waals surface area contributed by atoms with Gasteiger partial charge in [-0.05, 0) is 48.5 Å². The molecule has 1 aromatic carbocycles. The van der Waals surface area contributed by atoms with Crippen LogP contribution >= 0.6 is 0 Å². The van der Waals surface area contributed by atoms with Crippen molar-refractivity contribution in [1.82, 2.24) is 9.61 Å². The van der Waals surface area contributed by atoms with Crippen molar-refractivity contribution in [2.24, 2.45) is 0 Å². The van der Waals surface area contributed by atoms with Crippen LogP contribution in [0, 0.1) is 11.9 Å². The minimum absolute atomic E-state index is 0.235. The van der Waals surface area contributed by atoms with Gasteiger partial charge in [0.05, 0.1) is 11.2 Å². The lowest BCUT2D eigenvalue weighted by atomic mass is 10.1. The van der Waals surface area contributed by atoms with Crippen LogP contribution in [0.5, 0.6) is 0 Å². The Bertz CT molecular complexity index is 593. The molecule has 0 spiro atoms. The quantitative estimate of drug-likeness (QED) is 0.605. The van der Waals surface area contributed by atoms with Crippen molar-refractivity contribution >= 4 is 5.52 Å². The third-order valence-corrected chi connectivity index (χ3v) is 2.45. The summed E-state index contributed by atoms with van der Waals surface area (Å²) in [5.41, 5.74) is 2.71. The highest BCUT2D eigenvalue weighted by molar-refractivity contribution is 5.65. The number of rotatable bonds is 1. The van der Waals surface area contributed by atoms with Crippen LogP contribution in [0.25, 0.3) is 16.8 Å². The van der Waals surface area contributed by atoms with Crippen molar-refractivity contribution in [3.05, 3.63) is 60.5 Å². The van der Waals surface area contributed by atoms with Crippen molar-refractivity contribution in [1.29, 1.82) is 0 Å². The molecule has 2 aromatic heterocycles. The number of pyridine rings is 1. The fourth-order valence-corrected chi connectivity index (χ4v) is 1.64. The van der Waals surface area contributed by atoms with Crippen LogP contribution < -0.4 is 0 Å². The maximum absolute atomic E-state index is 12.8. The molecule has 0 unspecified atom stereocenters. The first-order valence-electron chi connectivity index (χ1n) is 4.94. The van der Waals surface area contributed by atoms with Crippen LogP contribution in [0.3, 0.4) is 0 Å². The zero-order valence-electron chi connectivity index (χ0n) is 8.39. The van der Waals surface area contributed by atoms with Gasteiger partial charge in [0.15, 0.2) is 0 Å². The fraction of sp³-hybridized carbons (Fsp3) is 0. The van der Waals surface area contributed by atoms with Crippen LogP contribution in [0.1, 0.15) is 0 Å². The van der Waals surface area contributed by atoms with Gasteiger partial charge in [0.1, 0.15) is 5.82 Å². The molecule has 0 saturated carbocycles. The van der Waals surface area contributed by atoms with E-state index in [4.69, 9.17) is 0 Å². The summed E-state index contributed by atoms with van der Waals surface area (Å²) >= 11 is 0. The number of fused-ring (bicyclic) bond motifs is 1. The van der Waals surface area contributed by atoms with Gasteiger partial charge >= 0.3 is 0 Å². The number of benzene rings is 1. The Hall–Kier alpha value is -2.16. The highest BCUT2D eigenvalue weighted by atomic mass is 19.1. The van der Waals surface area contributed by atoms with E-state index in [2.05, 4.69) is 11.2 Å². The standard InChI is InChI=1S/C13H8FN2/c14-11-6-4-10(5-7-11)13-9-12-3-1-2-8-16(12)15-13/h2-9H. The van der Waals surface area contributed by atoms with Crippen LogP contribution in [-0.4, -0.2) is 9.61 Å². The lowest BCUT2D eigenvalue weighted by Crippen LogP contribution is -1.85. The molecule has 0 atom stereocenters. The summed E-state index contributed by atoms with van der Waals surface area (Å²) in [5, 5.41) is 4.39. The van der Waals surface area contributed by atoms with E-state index in [0.717, 1.165) is 16.8 Å². The molecule has 77 valence electrons. The number of aromatic nitrogens is 2. The molecule has 16 heavy (non-hydrogen) atoms. The monoisotopic (exact) mass is 211 g/mol. The predicted molar refractivity (Wildman–Crippen MR) is 59.4 cm³/mol. The third kappa shape index (κ3) is 1.46. The maximum Gasteiger partial charge on any atom is 0.123 e. The van der Waals surface area contributed by atoms with Crippen LogP contribution in [0.4, 0.5) is 4.39 Å². The van der Waals surface area contributed by atoms with Gasteiger partial charge < -0.3 is 0 Å². The Kier molecular flexibility index (Phi) is 1.96. The molecular weight excluding hydrogens is 203 g/mol. The van der Waals surface area contributed by atoms with Crippen molar-refractivity contribution in [2.45, 2.75) is 0 Å². The summed E-state index contributed by atoms with van der Waals surface area (Å²) in [6.07, 6.45) is 1.84. The summed E-state index contributed by atoms with van der Waals surface area (Å²) in [7, 11) is 0. The second-order valence-electron chi connectivity index (χ2n) is 3.53.